The second-order valence-corrected chi connectivity index (χ2v) is 13.0. The molecule has 2 heteroatoms. The maximum Gasteiger partial charge on any atom is 0.0757 e. The molecule has 2 nitrogen and oxygen atoms in total. The summed E-state index contributed by atoms with van der Waals surface area (Å²) in [6.45, 7) is 14.7. The Balaban J connectivity index is 1.52. The van der Waals surface area contributed by atoms with E-state index in [1.165, 1.54) is 50.5 Å². The lowest BCUT2D eigenvalue weighted by Crippen LogP contribution is -2.54. The van der Waals surface area contributed by atoms with Crippen molar-refractivity contribution in [3.05, 3.63) is 11.6 Å². The fraction of sp³-hybridized carbons (Fsp3) is 0.931. The van der Waals surface area contributed by atoms with E-state index in [1.54, 1.807) is 0 Å². The standard InChI is InChI=1S/C29H50O2/c1-7-20(18(2)3)9-8-19(4)23-10-11-24-27-25(13-15-29(23,24)6)28(5)14-12-22(30)16-21(28)17-26(27)31/h17-20,22-27,30-31H,7-16H2,1-6H3/t19-,20+,22+,23-,24?,25?,26-,27?,28+,29-/m1/s1. The highest BCUT2D eigenvalue weighted by Crippen LogP contribution is 2.67. The van der Waals surface area contributed by atoms with Crippen LogP contribution in [0.2, 0.25) is 0 Å². The summed E-state index contributed by atoms with van der Waals surface area (Å²) in [5, 5.41) is 21.6. The molecule has 31 heavy (non-hydrogen) atoms. The molecule has 0 heterocycles. The summed E-state index contributed by atoms with van der Waals surface area (Å²) in [7, 11) is 0. The molecule has 3 unspecified atom stereocenters. The van der Waals surface area contributed by atoms with Crippen LogP contribution in [-0.2, 0) is 0 Å². The van der Waals surface area contributed by atoms with Crippen molar-refractivity contribution in [2.24, 2.45) is 52.3 Å². The van der Waals surface area contributed by atoms with Crippen LogP contribution in [0.4, 0.5) is 0 Å². The molecule has 4 aliphatic rings. The average molecular weight is 431 g/mol. The van der Waals surface area contributed by atoms with Crippen molar-refractivity contribution in [3.8, 4) is 0 Å². The molecule has 0 aromatic heterocycles. The van der Waals surface area contributed by atoms with Crippen LogP contribution in [0.25, 0.3) is 0 Å². The van der Waals surface area contributed by atoms with Gasteiger partial charge in [-0.25, -0.2) is 0 Å². The highest BCUT2D eigenvalue weighted by molar-refractivity contribution is 5.27. The van der Waals surface area contributed by atoms with Crippen molar-refractivity contribution in [2.45, 2.75) is 118 Å². The van der Waals surface area contributed by atoms with E-state index in [4.69, 9.17) is 0 Å². The van der Waals surface area contributed by atoms with Gasteiger partial charge in [0.1, 0.15) is 0 Å². The summed E-state index contributed by atoms with van der Waals surface area (Å²) in [4.78, 5) is 0. The molecule has 4 rings (SSSR count). The predicted molar refractivity (Wildman–Crippen MR) is 130 cm³/mol. The van der Waals surface area contributed by atoms with Crippen molar-refractivity contribution >= 4 is 0 Å². The highest BCUT2D eigenvalue weighted by atomic mass is 16.3. The van der Waals surface area contributed by atoms with Gasteiger partial charge in [-0.05, 0) is 104 Å². The average Bonchev–Trinajstić information content (AvgIpc) is 3.06. The molecule has 3 fully saturated rings. The molecule has 2 N–H and O–H groups in total. The van der Waals surface area contributed by atoms with Crippen LogP contribution in [0.5, 0.6) is 0 Å². The van der Waals surface area contributed by atoms with Crippen LogP contribution >= 0.6 is 0 Å². The molecule has 10 atom stereocenters. The molecule has 4 aliphatic carbocycles. The summed E-state index contributed by atoms with van der Waals surface area (Å²) < 4.78 is 0. The molecule has 0 aromatic rings. The molecule has 0 spiro atoms. The zero-order valence-electron chi connectivity index (χ0n) is 21.2. The van der Waals surface area contributed by atoms with Crippen LogP contribution in [0.15, 0.2) is 11.6 Å². The fourth-order valence-electron chi connectivity index (χ4n) is 9.29. The molecular formula is C29H50O2. The minimum Gasteiger partial charge on any atom is -0.393 e. The zero-order chi connectivity index (χ0) is 22.6. The number of aliphatic hydroxyl groups excluding tert-OH is 2. The maximum atomic E-state index is 11.3. The minimum absolute atomic E-state index is 0.202. The molecule has 3 saturated carbocycles. The van der Waals surface area contributed by atoms with E-state index in [9.17, 15) is 10.2 Å². The van der Waals surface area contributed by atoms with Gasteiger partial charge in [0.25, 0.3) is 0 Å². The summed E-state index contributed by atoms with van der Waals surface area (Å²) in [6.07, 6.45) is 13.9. The lowest BCUT2D eigenvalue weighted by Gasteiger charge is -2.59. The topological polar surface area (TPSA) is 40.5 Å². The van der Waals surface area contributed by atoms with Gasteiger partial charge in [-0.2, -0.15) is 0 Å². The Morgan fingerprint density at radius 1 is 0.968 bits per heavy atom. The van der Waals surface area contributed by atoms with Crippen LogP contribution in [0.1, 0.15) is 106 Å². The molecule has 178 valence electrons. The third kappa shape index (κ3) is 3.96. The van der Waals surface area contributed by atoms with E-state index in [-0.39, 0.29) is 17.6 Å². The SMILES string of the molecule is CC[C@@H](CC[C@@H](C)[C@H]1CCC2C3C(CC[C@@]21C)[C@@]1(C)CC[C@H](O)CC1=C[C@H]3O)C(C)C. The number of fused-ring (bicyclic) bond motifs is 5. The first kappa shape index (κ1) is 23.8. The van der Waals surface area contributed by atoms with Gasteiger partial charge < -0.3 is 10.2 Å². The Morgan fingerprint density at radius 3 is 2.39 bits per heavy atom. The predicted octanol–water partition coefficient (Wildman–Crippen LogP) is 7.00. The van der Waals surface area contributed by atoms with Gasteiger partial charge in [-0.15, -0.1) is 0 Å². The van der Waals surface area contributed by atoms with Crippen LogP contribution < -0.4 is 0 Å². The Hall–Kier alpha value is -0.340. The Bertz CT molecular complexity index is 668. The van der Waals surface area contributed by atoms with Crippen molar-refractivity contribution < 1.29 is 10.2 Å². The molecule has 0 amide bonds. The summed E-state index contributed by atoms with van der Waals surface area (Å²) in [5.41, 5.74) is 1.97. The molecule has 0 aliphatic heterocycles. The lowest BCUT2D eigenvalue weighted by molar-refractivity contribution is -0.0972. The van der Waals surface area contributed by atoms with Crippen LogP contribution in [-0.4, -0.2) is 22.4 Å². The van der Waals surface area contributed by atoms with Gasteiger partial charge in [-0.1, -0.05) is 66.0 Å². The van der Waals surface area contributed by atoms with Crippen molar-refractivity contribution in [2.75, 3.05) is 0 Å². The molecular weight excluding hydrogens is 380 g/mol. The lowest BCUT2D eigenvalue weighted by atomic mass is 9.46. The van der Waals surface area contributed by atoms with E-state index < -0.39 is 0 Å². The number of rotatable bonds is 6. The first-order chi connectivity index (χ1) is 14.6. The summed E-state index contributed by atoms with van der Waals surface area (Å²) in [6, 6.07) is 0. The highest BCUT2D eigenvalue weighted by Gasteiger charge is 2.61. The third-order valence-corrected chi connectivity index (χ3v) is 11.3. The summed E-state index contributed by atoms with van der Waals surface area (Å²) >= 11 is 0. The fourth-order valence-corrected chi connectivity index (χ4v) is 9.29. The van der Waals surface area contributed by atoms with E-state index >= 15 is 0 Å². The first-order valence-electron chi connectivity index (χ1n) is 13.7. The molecule has 0 bridgehead atoms. The van der Waals surface area contributed by atoms with E-state index in [0.29, 0.717) is 23.2 Å². The smallest absolute Gasteiger partial charge is 0.0757 e. The van der Waals surface area contributed by atoms with Gasteiger partial charge in [0.15, 0.2) is 0 Å². The molecule has 0 aromatic carbocycles. The Labute approximate surface area is 192 Å². The van der Waals surface area contributed by atoms with Crippen molar-refractivity contribution in [1.29, 1.82) is 0 Å². The van der Waals surface area contributed by atoms with E-state index in [1.807, 2.05) is 0 Å². The normalized spacial score (nSPS) is 46.7. The quantitative estimate of drug-likeness (QED) is 0.446. The van der Waals surface area contributed by atoms with Crippen molar-refractivity contribution in [1.82, 2.24) is 0 Å². The van der Waals surface area contributed by atoms with Gasteiger partial charge in [0.2, 0.25) is 0 Å². The van der Waals surface area contributed by atoms with E-state index in [2.05, 4.69) is 47.6 Å². The van der Waals surface area contributed by atoms with Gasteiger partial charge in [0.05, 0.1) is 12.2 Å². The summed E-state index contributed by atoms with van der Waals surface area (Å²) in [5.74, 6) is 4.99. The van der Waals surface area contributed by atoms with Gasteiger partial charge in [0, 0.05) is 0 Å². The molecule has 0 radical (unpaired) electrons. The minimum atomic E-state index is -0.303. The van der Waals surface area contributed by atoms with Gasteiger partial charge in [-0.3, -0.25) is 0 Å². The van der Waals surface area contributed by atoms with Gasteiger partial charge >= 0.3 is 0 Å². The first-order valence-corrected chi connectivity index (χ1v) is 13.7. The maximum absolute atomic E-state index is 11.3. The number of aliphatic hydroxyl groups is 2. The third-order valence-electron chi connectivity index (χ3n) is 11.3. The van der Waals surface area contributed by atoms with Crippen LogP contribution in [0.3, 0.4) is 0 Å². The number of hydrogen-bond acceptors (Lipinski definition) is 2. The number of hydrogen-bond donors (Lipinski definition) is 2. The Kier molecular flexibility index (Phi) is 6.75. The Morgan fingerprint density at radius 2 is 1.71 bits per heavy atom. The van der Waals surface area contributed by atoms with Crippen molar-refractivity contribution in [3.63, 3.8) is 0 Å². The molecule has 0 saturated heterocycles. The van der Waals surface area contributed by atoms with E-state index in [0.717, 1.165) is 42.9 Å². The van der Waals surface area contributed by atoms with Crippen LogP contribution in [0, 0.1) is 52.3 Å². The zero-order valence-corrected chi connectivity index (χ0v) is 21.2. The largest absolute Gasteiger partial charge is 0.393 e. The monoisotopic (exact) mass is 430 g/mol. The second kappa shape index (κ2) is 8.79. The second-order valence-electron chi connectivity index (χ2n) is 13.0.